The summed E-state index contributed by atoms with van der Waals surface area (Å²) in [6.07, 6.45) is 1.79. The van der Waals surface area contributed by atoms with Crippen LogP contribution in [0.25, 0.3) is 0 Å². The summed E-state index contributed by atoms with van der Waals surface area (Å²) >= 11 is 0. The largest absolute Gasteiger partial charge is 0.374 e. The first-order chi connectivity index (χ1) is 5.13. The van der Waals surface area contributed by atoms with Crippen molar-refractivity contribution in [2.45, 2.75) is 19.9 Å². The van der Waals surface area contributed by atoms with Gasteiger partial charge in [-0.3, -0.25) is 4.99 Å². The molecule has 0 amide bonds. The van der Waals surface area contributed by atoms with Crippen molar-refractivity contribution in [3.8, 4) is 0 Å². The van der Waals surface area contributed by atoms with Gasteiger partial charge in [-0.25, -0.2) is 0 Å². The predicted molar refractivity (Wildman–Crippen MR) is 50.2 cm³/mol. The maximum Gasteiger partial charge on any atom is 0.0826 e. The summed E-state index contributed by atoms with van der Waals surface area (Å²) < 4.78 is 0. The van der Waals surface area contributed by atoms with Gasteiger partial charge in [0.1, 0.15) is 0 Å². The Bertz CT molecular complexity index is 108. The van der Waals surface area contributed by atoms with Gasteiger partial charge in [-0.1, -0.05) is 0 Å². The number of likely N-dealkylation sites (N-methyl/N-ethyl adjacent to an activating group) is 1. The lowest BCUT2D eigenvalue weighted by molar-refractivity contribution is 0.420. The second kappa shape index (κ2) is 6.16. The molecule has 0 aromatic carbocycles. The number of rotatable bonds is 5. The first-order valence-electron chi connectivity index (χ1n) is 4.02. The highest BCUT2D eigenvalue weighted by molar-refractivity contribution is 5.54. The molecule has 0 aromatic rings. The highest BCUT2D eigenvalue weighted by Crippen LogP contribution is 1.75. The summed E-state index contributed by atoms with van der Waals surface area (Å²) in [4.78, 5) is 6.29. The van der Waals surface area contributed by atoms with Crippen molar-refractivity contribution in [3.05, 3.63) is 0 Å². The number of hydrogen-bond acceptors (Lipinski definition) is 2. The number of nitrogens with zero attached hydrogens (tertiary/aromatic N) is 2. The zero-order chi connectivity index (χ0) is 8.69. The molecule has 1 N–H and O–H groups in total. The van der Waals surface area contributed by atoms with E-state index >= 15 is 0 Å². The molecule has 0 spiro atoms. The molecule has 0 fully saturated rings. The summed E-state index contributed by atoms with van der Waals surface area (Å²) in [5.41, 5.74) is 0. The fourth-order valence-electron chi connectivity index (χ4n) is 0.524. The first-order valence-corrected chi connectivity index (χ1v) is 4.02. The van der Waals surface area contributed by atoms with E-state index in [9.17, 15) is 0 Å². The summed E-state index contributed by atoms with van der Waals surface area (Å²) in [5.74, 6) is 0. The molecule has 0 saturated heterocycles. The molecule has 0 aromatic heterocycles. The van der Waals surface area contributed by atoms with Crippen LogP contribution in [0.2, 0.25) is 0 Å². The lowest BCUT2D eigenvalue weighted by Gasteiger charge is -2.06. The molecule has 0 aliphatic rings. The average Bonchev–Trinajstić information content (AvgIpc) is 1.85. The van der Waals surface area contributed by atoms with Crippen molar-refractivity contribution in [1.82, 2.24) is 10.2 Å². The van der Waals surface area contributed by atoms with Crippen molar-refractivity contribution >= 4 is 6.34 Å². The minimum absolute atomic E-state index is 0.484. The van der Waals surface area contributed by atoms with Gasteiger partial charge in [0, 0.05) is 12.6 Å². The van der Waals surface area contributed by atoms with Gasteiger partial charge in [-0.2, -0.15) is 0 Å². The standard InChI is InChI=1S/C8H19N3/c1-8(2)10-7-9-5-6-11(3)4/h7-8H,5-6H2,1-4H3,(H,9,10). The van der Waals surface area contributed by atoms with Gasteiger partial charge in [0.25, 0.3) is 0 Å². The Hall–Kier alpha value is -0.570. The van der Waals surface area contributed by atoms with Crippen molar-refractivity contribution < 1.29 is 0 Å². The molecular weight excluding hydrogens is 138 g/mol. The Kier molecular flexibility index (Phi) is 5.84. The van der Waals surface area contributed by atoms with Crippen LogP contribution in [0.15, 0.2) is 4.99 Å². The number of nitrogens with one attached hydrogen (secondary N) is 1. The zero-order valence-electron chi connectivity index (χ0n) is 7.96. The Labute approximate surface area is 69.5 Å². The quantitative estimate of drug-likeness (QED) is 0.467. The first kappa shape index (κ1) is 10.4. The van der Waals surface area contributed by atoms with E-state index in [1.807, 2.05) is 14.1 Å². The van der Waals surface area contributed by atoms with E-state index in [0.29, 0.717) is 6.04 Å². The Balaban J connectivity index is 3.17. The fourth-order valence-corrected chi connectivity index (χ4v) is 0.524. The van der Waals surface area contributed by atoms with Gasteiger partial charge in [-0.05, 0) is 27.9 Å². The van der Waals surface area contributed by atoms with Crippen LogP contribution in [0.3, 0.4) is 0 Å². The van der Waals surface area contributed by atoms with E-state index in [4.69, 9.17) is 0 Å². The van der Waals surface area contributed by atoms with Gasteiger partial charge in [0.05, 0.1) is 12.9 Å². The lowest BCUT2D eigenvalue weighted by Crippen LogP contribution is -2.21. The fraction of sp³-hybridized carbons (Fsp3) is 0.875. The average molecular weight is 157 g/mol. The topological polar surface area (TPSA) is 27.6 Å². The van der Waals surface area contributed by atoms with Crippen LogP contribution < -0.4 is 5.32 Å². The van der Waals surface area contributed by atoms with Crippen LogP contribution in [0, 0.1) is 0 Å². The van der Waals surface area contributed by atoms with Crippen LogP contribution in [0.4, 0.5) is 0 Å². The monoisotopic (exact) mass is 157 g/mol. The minimum atomic E-state index is 0.484. The molecule has 0 heterocycles. The summed E-state index contributed by atoms with van der Waals surface area (Å²) in [7, 11) is 4.09. The molecular formula is C8H19N3. The third-order valence-electron chi connectivity index (χ3n) is 1.18. The minimum Gasteiger partial charge on any atom is -0.374 e. The van der Waals surface area contributed by atoms with Crippen molar-refractivity contribution in [2.24, 2.45) is 4.99 Å². The van der Waals surface area contributed by atoms with E-state index in [2.05, 4.69) is 29.1 Å². The van der Waals surface area contributed by atoms with E-state index in [-0.39, 0.29) is 0 Å². The molecule has 11 heavy (non-hydrogen) atoms. The molecule has 0 rings (SSSR count). The van der Waals surface area contributed by atoms with Crippen molar-refractivity contribution in [1.29, 1.82) is 0 Å². The molecule has 3 nitrogen and oxygen atoms in total. The van der Waals surface area contributed by atoms with Crippen LogP contribution in [0.1, 0.15) is 13.8 Å². The van der Waals surface area contributed by atoms with Crippen LogP contribution in [-0.4, -0.2) is 44.5 Å². The van der Waals surface area contributed by atoms with Crippen LogP contribution in [0.5, 0.6) is 0 Å². The highest BCUT2D eigenvalue weighted by atomic mass is 15.1. The number of hydrogen-bond donors (Lipinski definition) is 1. The van der Waals surface area contributed by atoms with Gasteiger partial charge in [-0.15, -0.1) is 0 Å². The molecule has 3 heteroatoms. The normalized spacial score (nSPS) is 11.8. The molecule has 0 saturated carbocycles. The zero-order valence-corrected chi connectivity index (χ0v) is 7.96. The second-order valence-electron chi connectivity index (χ2n) is 3.16. The van der Waals surface area contributed by atoms with E-state index < -0.39 is 0 Å². The Morgan fingerprint density at radius 3 is 2.55 bits per heavy atom. The third-order valence-corrected chi connectivity index (χ3v) is 1.18. The van der Waals surface area contributed by atoms with Crippen LogP contribution in [-0.2, 0) is 0 Å². The van der Waals surface area contributed by atoms with E-state index in [1.54, 1.807) is 6.34 Å². The van der Waals surface area contributed by atoms with Crippen molar-refractivity contribution in [2.75, 3.05) is 27.2 Å². The highest BCUT2D eigenvalue weighted by Gasteiger charge is 1.86. The molecule has 0 aliphatic carbocycles. The molecule has 0 radical (unpaired) electrons. The Morgan fingerprint density at radius 1 is 1.45 bits per heavy atom. The molecule has 0 unspecified atom stereocenters. The summed E-state index contributed by atoms with van der Waals surface area (Å²) in [5, 5.41) is 3.11. The van der Waals surface area contributed by atoms with Gasteiger partial charge in [0.15, 0.2) is 0 Å². The van der Waals surface area contributed by atoms with E-state index in [1.165, 1.54) is 0 Å². The Morgan fingerprint density at radius 2 is 2.09 bits per heavy atom. The maximum atomic E-state index is 4.17. The molecule has 0 bridgehead atoms. The molecule has 66 valence electrons. The SMILES string of the molecule is CC(C)NC=NCCN(C)C. The molecule has 0 aliphatic heterocycles. The third kappa shape index (κ3) is 9.43. The maximum absolute atomic E-state index is 4.17. The summed E-state index contributed by atoms with van der Waals surface area (Å²) in [6.45, 7) is 6.07. The predicted octanol–water partition coefficient (Wildman–Crippen LogP) is 0.574. The van der Waals surface area contributed by atoms with Gasteiger partial charge >= 0.3 is 0 Å². The van der Waals surface area contributed by atoms with Gasteiger partial charge < -0.3 is 10.2 Å². The van der Waals surface area contributed by atoms with Crippen molar-refractivity contribution in [3.63, 3.8) is 0 Å². The summed E-state index contributed by atoms with van der Waals surface area (Å²) in [6, 6.07) is 0.484. The number of aliphatic imine (C=N–C) groups is 1. The van der Waals surface area contributed by atoms with E-state index in [0.717, 1.165) is 13.1 Å². The molecule has 0 atom stereocenters. The van der Waals surface area contributed by atoms with Crippen LogP contribution >= 0.6 is 0 Å². The van der Waals surface area contributed by atoms with Gasteiger partial charge in [0.2, 0.25) is 0 Å². The second-order valence-corrected chi connectivity index (χ2v) is 3.16. The smallest absolute Gasteiger partial charge is 0.0826 e. The lowest BCUT2D eigenvalue weighted by atomic mass is 10.4.